The van der Waals surface area contributed by atoms with E-state index in [1.807, 2.05) is 12.1 Å². The quantitative estimate of drug-likeness (QED) is 0.906. The lowest BCUT2D eigenvalue weighted by Crippen LogP contribution is -2.29. The molecule has 0 atom stereocenters. The molecular weight excluding hydrogens is 258 g/mol. The van der Waals surface area contributed by atoms with Crippen molar-refractivity contribution in [3.05, 3.63) is 30.6 Å². The second-order valence-corrected chi connectivity index (χ2v) is 7.09. The number of para-hydroxylation sites is 1. The maximum Gasteiger partial charge on any atom is 0.137 e. The van der Waals surface area contributed by atoms with Crippen molar-refractivity contribution in [3.8, 4) is 0 Å². The van der Waals surface area contributed by atoms with E-state index in [9.17, 15) is 0 Å². The minimum Gasteiger partial charge on any atom is -0.367 e. The van der Waals surface area contributed by atoms with Crippen LogP contribution in [0.2, 0.25) is 0 Å². The Morgan fingerprint density at radius 3 is 2.57 bits per heavy atom. The van der Waals surface area contributed by atoms with Gasteiger partial charge < -0.3 is 5.32 Å². The van der Waals surface area contributed by atoms with Crippen molar-refractivity contribution >= 4 is 16.7 Å². The molecule has 0 amide bonds. The van der Waals surface area contributed by atoms with Gasteiger partial charge in [0.15, 0.2) is 0 Å². The van der Waals surface area contributed by atoms with Crippen LogP contribution in [0.4, 0.5) is 5.82 Å². The highest BCUT2D eigenvalue weighted by molar-refractivity contribution is 5.88. The van der Waals surface area contributed by atoms with Gasteiger partial charge in [-0.2, -0.15) is 0 Å². The molecule has 0 radical (unpaired) electrons. The van der Waals surface area contributed by atoms with Crippen LogP contribution in [-0.2, 0) is 0 Å². The molecule has 1 aromatic heterocycles. The van der Waals surface area contributed by atoms with Crippen molar-refractivity contribution in [2.75, 3.05) is 5.32 Å². The number of nitrogens with one attached hydrogen (secondary N) is 1. The number of aromatic nitrogens is 2. The van der Waals surface area contributed by atoms with E-state index in [4.69, 9.17) is 0 Å². The fourth-order valence-corrected chi connectivity index (χ4v) is 3.85. The third kappa shape index (κ3) is 2.50. The van der Waals surface area contributed by atoms with E-state index in [2.05, 4.69) is 34.3 Å². The van der Waals surface area contributed by atoms with E-state index >= 15 is 0 Å². The molecule has 0 bridgehead atoms. The highest BCUT2D eigenvalue weighted by Gasteiger charge is 2.45. The minimum absolute atomic E-state index is 0.571. The zero-order valence-corrected chi connectivity index (χ0v) is 12.7. The van der Waals surface area contributed by atoms with Crippen molar-refractivity contribution < 1.29 is 0 Å². The van der Waals surface area contributed by atoms with E-state index in [1.54, 1.807) is 6.33 Å². The van der Waals surface area contributed by atoms with E-state index < -0.39 is 0 Å². The zero-order chi connectivity index (χ0) is 14.3. The third-order valence-corrected chi connectivity index (χ3v) is 5.64. The lowest BCUT2D eigenvalue weighted by atomic mass is 9.77. The van der Waals surface area contributed by atoms with Crippen LogP contribution in [0.1, 0.15) is 45.4 Å². The normalized spacial score (nSPS) is 27.5. The van der Waals surface area contributed by atoms with Crippen LogP contribution >= 0.6 is 0 Å². The van der Waals surface area contributed by atoms with Crippen LogP contribution in [0.3, 0.4) is 0 Å². The van der Waals surface area contributed by atoms with Gasteiger partial charge in [-0.15, -0.1) is 0 Å². The van der Waals surface area contributed by atoms with Crippen LogP contribution in [-0.4, -0.2) is 16.0 Å². The lowest BCUT2D eigenvalue weighted by molar-refractivity contribution is 0.235. The summed E-state index contributed by atoms with van der Waals surface area (Å²) < 4.78 is 0. The van der Waals surface area contributed by atoms with E-state index in [0.717, 1.165) is 22.6 Å². The number of rotatable bonds is 3. The Morgan fingerprint density at radius 1 is 1.05 bits per heavy atom. The number of benzene rings is 1. The summed E-state index contributed by atoms with van der Waals surface area (Å²) in [5.41, 5.74) is 1.71. The molecule has 2 aliphatic rings. The Bertz CT molecular complexity index is 634. The monoisotopic (exact) mass is 281 g/mol. The maximum absolute atomic E-state index is 4.46. The Labute approximate surface area is 126 Å². The van der Waals surface area contributed by atoms with Gasteiger partial charge in [-0.25, -0.2) is 9.97 Å². The van der Waals surface area contributed by atoms with Crippen molar-refractivity contribution in [3.63, 3.8) is 0 Å². The maximum atomic E-state index is 4.46. The fraction of sp³-hybridized carbons (Fsp3) is 0.556. The van der Waals surface area contributed by atoms with Gasteiger partial charge in [-0.05, 0) is 62.0 Å². The van der Waals surface area contributed by atoms with Crippen LogP contribution in [0.15, 0.2) is 30.6 Å². The first kappa shape index (κ1) is 13.1. The lowest BCUT2D eigenvalue weighted by Gasteiger charge is -2.33. The van der Waals surface area contributed by atoms with Crippen molar-refractivity contribution in [1.29, 1.82) is 0 Å². The van der Waals surface area contributed by atoms with Crippen LogP contribution < -0.4 is 5.32 Å². The second-order valence-electron chi connectivity index (χ2n) is 7.09. The van der Waals surface area contributed by atoms with Gasteiger partial charge in [0.05, 0.1) is 5.52 Å². The first-order chi connectivity index (χ1) is 10.2. The average Bonchev–Trinajstić information content (AvgIpc) is 3.27. The third-order valence-electron chi connectivity index (χ3n) is 5.64. The van der Waals surface area contributed by atoms with E-state index in [1.165, 1.54) is 38.5 Å². The SMILES string of the molecule is CC1([C@H]2CC[C@@H](Nc3ncnc4ccccc34)CC2)CC1. The first-order valence-corrected chi connectivity index (χ1v) is 8.21. The highest BCUT2D eigenvalue weighted by atomic mass is 15.0. The Kier molecular flexibility index (Phi) is 3.09. The van der Waals surface area contributed by atoms with Crippen molar-refractivity contribution in [2.45, 2.75) is 51.5 Å². The molecule has 2 saturated carbocycles. The average molecular weight is 281 g/mol. The number of nitrogens with zero attached hydrogens (tertiary/aromatic N) is 2. The molecule has 0 saturated heterocycles. The molecule has 21 heavy (non-hydrogen) atoms. The predicted molar refractivity (Wildman–Crippen MR) is 86.2 cm³/mol. The van der Waals surface area contributed by atoms with E-state index in [-0.39, 0.29) is 0 Å². The first-order valence-electron chi connectivity index (χ1n) is 8.21. The molecule has 2 fully saturated rings. The second kappa shape index (κ2) is 4.97. The summed E-state index contributed by atoms with van der Waals surface area (Å²) in [5.74, 6) is 1.96. The largest absolute Gasteiger partial charge is 0.367 e. The van der Waals surface area contributed by atoms with Gasteiger partial charge in [0.25, 0.3) is 0 Å². The molecule has 4 rings (SSSR count). The van der Waals surface area contributed by atoms with Crippen LogP contribution in [0.25, 0.3) is 10.9 Å². The molecule has 3 heteroatoms. The summed E-state index contributed by atoms with van der Waals surface area (Å²) in [4.78, 5) is 8.80. The molecule has 2 aliphatic carbocycles. The number of hydrogen-bond donors (Lipinski definition) is 1. The smallest absolute Gasteiger partial charge is 0.137 e. The standard InChI is InChI=1S/C18H23N3/c1-18(10-11-18)13-6-8-14(9-7-13)21-17-15-4-2-3-5-16(15)19-12-20-17/h2-5,12-14H,6-11H2,1H3,(H,19,20,21)/t13-,14+. The number of fused-ring (bicyclic) bond motifs is 1. The van der Waals surface area contributed by atoms with Crippen LogP contribution in [0, 0.1) is 11.3 Å². The van der Waals surface area contributed by atoms with Gasteiger partial charge in [0.1, 0.15) is 12.1 Å². The molecule has 1 N–H and O–H groups in total. The minimum atomic E-state index is 0.571. The number of hydrogen-bond acceptors (Lipinski definition) is 3. The molecular formula is C18H23N3. The Hall–Kier alpha value is -1.64. The summed E-state index contributed by atoms with van der Waals surface area (Å²) in [5, 5.41) is 4.80. The topological polar surface area (TPSA) is 37.8 Å². The summed E-state index contributed by atoms with van der Waals surface area (Å²) in [6, 6.07) is 8.81. The summed E-state index contributed by atoms with van der Waals surface area (Å²) in [7, 11) is 0. The Morgan fingerprint density at radius 2 is 1.81 bits per heavy atom. The van der Waals surface area contributed by atoms with Gasteiger partial charge in [0.2, 0.25) is 0 Å². The molecule has 1 aromatic carbocycles. The summed E-state index contributed by atoms with van der Waals surface area (Å²) in [6.07, 6.45) is 9.87. The Balaban J connectivity index is 1.46. The number of anilines is 1. The summed E-state index contributed by atoms with van der Waals surface area (Å²) >= 11 is 0. The summed E-state index contributed by atoms with van der Waals surface area (Å²) in [6.45, 7) is 2.48. The van der Waals surface area contributed by atoms with Gasteiger partial charge in [-0.3, -0.25) is 0 Å². The highest BCUT2D eigenvalue weighted by Crippen LogP contribution is 2.55. The molecule has 0 unspecified atom stereocenters. The predicted octanol–water partition coefficient (Wildman–Crippen LogP) is 4.40. The van der Waals surface area contributed by atoms with Crippen molar-refractivity contribution in [1.82, 2.24) is 9.97 Å². The van der Waals surface area contributed by atoms with Crippen LogP contribution in [0.5, 0.6) is 0 Å². The molecule has 2 aromatic rings. The zero-order valence-electron chi connectivity index (χ0n) is 12.7. The van der Waals surface area contributed by atoms with E-state index in [0.29, 0.717) is 11.5 Å². The van der Waals surface area contributed by atoms with Gasteiger partial charge >= 0.3 is 0 Å². The van der Waals surface area contributed by atoms with Crippen molar-refractivity contribution in [2.24, 2.45) is 11.3 Å². The fourth-order valence-electron chi connectivity index (χ4n) is 3.85. The van der Waals surface area contributed by atoms with Gasteiger partial charge in [0, 0.05) is 11.4 Å². The van der Waals surface area contributed by atoms with Gasteiger partial charge in [-0.1, -0.05) is 19.1 Å². The molecule has 110 valence electrons. The molecule has 3 nitrogen and oxygen atoms in total. The molecule has 0 aliphatic heterocycles. The molecule has 1 heterocycles. The molecule has 0 spiro atoms.